The quantitative estimate of drug-likeness (QED) is 0.320. The smallest absolute Gasteiger partial charge is 0.272 e. The number of nitro benzene ring substituents is 1. The minimum Gasteiger partial charge on any atom is -0.272 e. The number of hydrazine groups is 1. The number of rotatable bonds is 5. The van der Waals surface area contributed by atoms with E-state index in [1.54, 1.807) is 24.3 Å². The molecule has 31 heavy (non-hydrogen) atoms. The SMILES string of the molecule is CC1=CC[C@H]2C(=O)N(N(Cc3ccccc3)C(=O)c3ccccc3[N+](=O)[O-])C(=O)[C@H]2C1. The second-order valence-electron chi connectivity index (χ2n) is 7.81. The Morgan fingerprint density at radius 3 is 2.42 bits per heavy atom. The summed E-state index contributed by atoms with van der Waals surface area (Å²) in [4.78, 5) is 50.7. The number of allylic oxidation sites excluding steroid dienone is 2. The molecular weight excluding hydrogens is 398 g/mol. The Balaban J connectivity index is 1.76. The molecule has 1 saturated heterocycles. The Labute approximate surface area is 178 Å². The Morgan fingerprint density at radius 1 is 1.06 bits per heavy atom. The summed E-state index contributed by atoms with van der Waals surface area (Å²) < 4.78 is 0. The standard InChI is InChI=1S/C23H21N3O5/c1-15-11-12-17-19(13-15)23(29)25(22(17)28)24(14-16-7-3-2-4-8-16)21(27)18-9-5-6-10-20(18)26(30)31/h2-11,17,19H,12-14H2,1H3/t17-,19+/m1/s1. The number of para-hydroxylation sites is 1. The summed E-state index contributed by atoms with van der Waals surface area (Å²) in [7, 11) is 0. The lowest BCUT2D eigenvalue weighted by Gasteiger charge is -2.30. The van der Waals surface area contributed by atoms with E-state index in [2.05, 4.69) is 0 Å². The number of imide groups is 1. The summed E-state index contributed by atoms with van der Waals surface area (Å²) in [6, 6.07) is 14.5. The average Bonchev–Trinajstić information content (AvgIpc) is 3.01. The van der Waals surface area contributed by atoms with E-state index in [4.69, 9.17) is 0 Å². The lowest BCUT2D eigenvalue weighted by atomic mass is 9.82. The summed E-state index contributed by atoms with van der Waals surface area (Å²) in [5.74, 6) is -2.68. The minimum absolute atomic E-state index is 0.0605. The molecule has 0 bridgehead atoms. The zero-order chi connectivity index (χ0) is 22.1. The van der Waals surface area contributed by atoms with Crippen LogP contribution in [0, 0.1) is 22.0 Å². The fraction of sp³-hybridized carbons (Fsp3) is 0.261. The first kappa shape index (κ1) is 20.5. The van der Waals surface area contributed by atoms with Crippen LogP contribution in [-0.2, 0) is 16.1 Å². The summed E-state index contributed by atoms with van der Waals surface area (Å²) in [6.07, 6.45) is 2.85. The predicted molar refractivity (Wildman–Crippen MR) is 111 cm³/mol. The van der Waals surface area contributed by atoms with Crippen molar-refractivity contribution in [2.45, 2.75) is 26.3 Å². The average molecular weight is 419 g/mol. The van der Waals surface area contributed by atoms with E-state index < -0.39 is 34.5 Å². The lowest BCUT2D eigenvalue weighted by molar-refractivity contribution is -0.385. The first-order valence-electron chi connectivity index (χ1n) is 10.0. The van der Waals surface area contributed by atoms with E-state index in [0.717, 1.165) is 15.6 Å². The summed E-state index contributed by atoms with van der Waals surface area (Å²) in [5.41, 5.74) is 1.18. The first-order chi connectivity index (χ1) is 14.9. The van der Waals surface area contributed by atoms with Crippen LogP contribution in [0.5, 0.6) is 0 Å². The topological polar surface area (TPSA) is 101 Å². The molecule has 2 aliphatic rings. The van der Waals surface area contributed by atoms with Gasteiger partial charge in [-0.1, -0.05) is 54.1 Å². The minimum atomic E-state index is -0.763. The molecule has 2 atom stereocenters. The van der Waals surface area contributed by atoms with Gasteiger partial charge in [0.25, 0.3) is 23.4 Å². The van der Waals surface area contributed by atoms with E-state index in [-0.39, 0.29) is 17.8 Å². The van der Waals surface area contributed by atoms with E-state index in [1.807, 2.05) is 19.1 Å². The third-order valence-corrected chi connectivity index (χ3v) is 5.78. The highest BCUT2D eigenvalue weighted by atomic mass is 16.6. The number of hydrogen-bond donors (Lipinski definition) is 0. The highest BCUT2D eigenvalue weighted by Crippen LogP contribution is 2.39. The first-order valence-corrected chi connectivity index (χ1v) is 10.0. The zero-order valence-electron chi connectivity index (χ0n) is 16.9. The highest BCUT2D eigenvalue weighted by Gasteiger charge is 2.51. The largest absolute Gasteiger partial charge is 0.282 e. The molecule has 8 heteroatoms. The molecule has 8 nitrogen and oxygen atoms in total. The fourth-order valence-corrected chi connectivity index (χ4v) is 4.20. The summed E-state index contributed by atoms with van der Waals surface area (Å²) >= 11 is 0. The van der Waals surface area contributed by atoms with Gasteiger partial charge in [0.1, 0.15) is 5.56 Å². The predicted octanol–water partition coefficient (Wildman–Crippen LogP) is 3.49. The molecule has 0 unspecified atom stereocenters. The van der Waals surface area contributed by atoms with Crippen molar-refractivity contribution in [3.8, 4) is 0 Å². The van der Waals surface area contributed by atoms with Crippen molar-refractivity contribution in [3.63, 3.8) is 0 Å². The van der Waals surface area contributed by atoms with Gasteiger partial charge in [-0.3, -0.25) is 24.5 Å². The molecule has 1 aliphatic heterocycles. The summed E-state index contributed by atoms with van der Waals surface area (Å²) in [5, 5.41) is 13.4. The van der Waals surface area contributed by atoms with E-state index in [9.17, 15) is 24.5 Å². The van der Waals surface area contributed by atoms with Gasteiger partial charge in [-0.2, -0.15) is 5.01 Å². The molecule has 4 rings (SSSR count). The van der Waals surface area contributed by atoms with Gasteiger partial charge in [0, 0.05) is 6.07 Å². The normalized spacial score (nSPS) is 20.3. The van der Waals surface area contributed by atoms with Crippen LogP contribution in [-0.4, -0.2) is 32.7 Å². The van der Waals surface area contributed by atoms with Gasteiger partial charge in [0.15, 0.2) is 0 Å². The maximum atomic E-state index is 13.5. The number of carbonyl (C=O) groups is 3. The van der Waals surface area contributed by atoms with Crippen molar-refractivity contribution in [3.05, 3.63) is 87.5 Å². The molecular formula is C23H21N3O5. The van der Waals surface area contributed by atoms with Gasteiger partial charge in [-0.25, -0.2) is 5.01 Å². The maximum Gasteiger partial charge on any atom is 0.282 e. The van der Waals surface area contributed by atoms with Crippen LogP contribution < -0.4 is 0 Å². The molecule has 2 aromatic rings. The van der Waals surface area contributed by atoms with E-state index >= 15 is 0 Å². The van der Waals surface area contributed by atoms with Crippen LogP contribution in [0.25, 0.3) is 0 Å². The van der Waals surface area contributed by atoms with Crippen molar-refractivity contribution in [2.75, 3.05) is 0 Å². The second-order valence-corrected chi connectivity index (χ2v) is 7.81. The highest BCUT2D eigenvalue weighted by molar-refractivity contribution is 6.08. The van der Waals surface area contributed by atoms with Gasteiger partial charge < -0.3 is 0 Å². The molecule has 0 radical (unpaired) electrons. The number of carbonyl (C=O) groups excluding carboxylic acids is 3. The zero-order valence-corrected chi connectivity index (χ0v) is 16.9. The second kappa shape index (κ2) is 8.14. The van der Waals surface area contributed by atoms with Crippen molar-refractivity contribution >= 4 is 23.4 Å². The third-order valence-electron chi connectivity index (χ3n) is 5.78. The van der Waals surface area contributed by atoms with E-state index in [1.165, 1.54) is 24.3 Å². The molecule has 0 aromatic heterocycles. The Morgan fingerprint density at radius 2 is 1.71 bits per heavy atom. The summed E-state index contributed by atoms with van der Waals surface area (Å²) in [6.45, 7) is 1.85. The van der Waals surface area contributed by atoms with E-state index in [0.29, 0.717) is 18.4 Å². The van der Waals surface area contributed by atoms with Crippen molar-refractivity contribution < 1.29 is 19.3 Å². The molecule has 3 amide bonds. The Hall–Kier alpha value is -3.81. The fourth-order valence-electron chi connectivity index (χ4n) is 4.20. The lowest BCUT2D eigenvalue weighted by Crippen LogP contribution is -2.50. The monoisotopic (exact) mass is 419 g/mol. The molecule has 1 aliphatic carbocycles. The van der Waals surface area contributed by atoms with Crippen LogP contribution in [0.15, 0.2) is 66.2 Å². The van der Waals surface area contributed by atoms with Crippen molar-refractivity contribution in [2.24, 2.45) is 11.8 Å². The van der Waals surface area contributed by atoms with Gasteiger partial charge in [0.2, 0.25) is 0 Å². The molecule has 1 heterocycles. The van der Waals surface area contributed by atoms with Gasteiger partial charge in [-0.05, 0) is 31.4 Å². The van der Waals surface area contributed by atoms with Crippen LogP contribution in [0.3, 0.4) is 0 Å². The molecule has 2 aromatic carbocycles. The number of amides is 3. The number of nitrogens with zero attached hydrogens (tertiary/aromatic N) is 3. The molecule has 0 spiro atoms. The molecule has 0 N–H and O–H groups in total. The van der Waals surface area contributed by atoms with Gasteiger partial charge in [-0.15, -0.1) is 0 Å². The third kappa shape index (κ3) is 3.72. The Bertz CT molecular complexity index is 1100. The Kier molecular flexibility index (Phi) is 5.37. The van der Waals surface area contributed by atoms with Crippen LogP contribution in [0.1, 0.15) is 35.7 Å². The van der Waals surface area contributed by atoms with Crippen LogP contribution in [0.2, 0.25) is 0 Å². The maximum absolute atomic E-state index is 13.5. The number of nitro groups is 1. The van der Waals surface area contributed by atoms with Crippen molar-refractivity contribution in [1.29, 1.82) is 0 Å². The van der Waals surface area contributed by atoms with Gasteiger partial charge >= 0.3 is 0 Å². The van der Waals surface area contributed by atoms with Crippen molar-refractivity contribution in [1.82, 2.24) is 10.0 Å². The molecule has 158 valence electrons. The molecule has 1 fully saturated rings. The number of fused-ring (bicyclic) bond motifs is 1. The van der Waals surface area contributed by atoms with Crippen LogP contribution >= 0.6 is 0 Å². The van der Waals surface area contributed by atoms with Crippen LogP contribution in [0.4, 0.5) is 5.69 Å². The number of hydrogen-bond acceptors (Lipinski definition) is 5. The molecule has 0 saturated carbocycles. The number of benzene rings is 2. The van der Waals surface area contributed by atoms with Gasteiger partial charge in [0.05, 0.1) is 23.3 Å².